The predicted molar refractivity (Wildman–Crippen MR) is 79.8 cm³/mol. The summed E-state index contributed by atoms with van der Waals surface area (Å²) < 4.78 is 0. The molecule has 0 radical (unpaired) electrons. The number of carbonyl (C=O) groups excluding carboxylic acids is 3. The third-order valence-corrected chi connectivity index (χ3v) is 3.14. The zero-order chi connectivity index (χ0) is 16.1. The third kappa shape index (κ3) is 3.72. The van der Waals surface area contributed by atoms with E-state index in [1.807, 2.05) is 0 Å². The highest BCUT2D eigenvalue weighted by molar-refractivity contribution is 6.46. The van der Waals surface area contributed by atoms with Gasteiger partial charge in [0.05, 0.1) is 6.61 Å². The van der Waals surface area contributed by atoms with Crippen molar-refractivity contribution in [2.24, 2.45) is 0 Å². The van der Waals surface area contributed by atoms with Gasteiger partial charge in [-0.1, -0.05) is 30.4 Å². The van der Waals surface area contributed by atoms with Gasteiger partial charge < -0.3 is 10.2 Å². The summed E-state index contributed by atoms with van der Waals surface area (Å²) in [5.74, 6) is -1.42. The highest BCUT2D eigenvalue weighted by atomic mass is 16.3. The molecule has 2 rings (SSSR count). The van der Waals surface area contributed by atoms with Crippen molar-refractivity contribution in [3.8, 4) is 0 Å². The van der Waals surface area contributed by atoms with Crippen LogP contribution >= 0.6 is 0 Å². The maximum absolute atomic E-state index is 11.4. The number of aliphatic hydroxyl groups excluding tert-OH is 2. The lowest BCUT2D eigenvalue weighted by Crippen LogP contribution is -2.19. The average Bonchev–Trinajstić information content (AvgIpc) is 2.52. The minimum Gasteiger partial charge on any atom is -0.393 e. The minimum absolute atomic E-state index is 0.112. The standard InChI is InChI=1S/C17H14O5/c18-10-17(22)14(12-4-8-15(20)16(21)9-12)7-3-11-1-5-13(19)6-2-11/h1-9,17-18,22H,10H2/b14-7-. The molecule has 0 amide bonds. The SMILES string of the molecule is O=C1C=CC(=C/C=C(/C2=CC(=O)C(=O)C=C2)C(O)CO)C=C1. The van der Waals surface area contributed by atoms with E-state index in [1.165, 1.54) is 18.2 Å². The van der Waals surface area contributed by atoms with Gasteiger partial charge in [0.25, 0.3) is 0 Å². The van der Waals surface area contributed by atoms with Crippen molar-refractivity contribution in [3.05, 3.63) is 71.4 Å². The number of hydrogen-bond donors (Lipinski definition) is 2. The summed E-state index contributed by atoms with van der Waals surface area (Å²) in [6.07, 6.45) is 11.7. The monoisotopic (exact) mass is 298 g/mol. The number of aliphatic hydroxyl groups is 2. The van der Waals surface area contributed by atoms with E-state index in [4.69, 9.17) is 5.11 Å². The van der Waals surface area contributed by atoms with Gasteiger partial charge in [-0.2, -0.15) is 0 Å². The summed E-state index contributed by atoms with van der Waals surface area (Å²) in [6, 6.07) is 0. The van der Waals surface area contributed by atoms with Crippen LogP contribution in [-0.2, 0) is 14.4 Å². The first-order chi connectivity index (χ1) is 10.5. The van der Waals surface area contributed by atoms with E-state index in [0.29, 0.717) is 11.1 Å². The Bertz CT molecular complexity index is 681. The average molecular weight is 298 g/mol. The molecule has 0 aromatic heterocycles. The van der Waals surface area contributed by atoms with Gasteiger partial charge in [0, 0.05) is 0 Å². The normalized spacial score (nSPS) is 19.5. The molecule has 5 heteroatoms. The predicted octanol–water partition coefficient (Wildman–Crippen LogP) is 0.522. The molecule has 2 aliphatic carbocycles. The Labute approximate surface area is 127 Å². The van der Waals surface area contributed by atoms with Crippen LogP contribution in [0.25, 0.3) is 0 Å². The first-order valence-electron chi connectivity index (χ1n) is 6.60. The second kappa shape index (κ2) is 6.89. The van der Waals surface area contributed by atoms with Gasteiger partial charge in [0.2, 0.25) is 11.6 Å². The maximum atomic E-state index is 11.4. The van der Waals surface area contributed by atoms with Crippen LogP contribution in [0.2, 0.25) is 0 Å². The van der Waals surface area contributed by atoms with Crippen molar-refractivity contribution >= 4 is 17.3 Å². The molecule has 0 saturated heterocycles. The van der Waals surface area contributed by atoms with Crippen LogP contribution in [0.3, 0.4) is 0 Å². The molecule has 0 saturated carbocycles. The van der Waals surface area contributed by atoms with E-state index in [1.54, 1.807) is 24.3 Å². The van der Waals surface area contributed by atoms with Gasteiger partial charge in [0.1, 0.15) is 6.10 Å². The number of rotatable bonds is 4. The highest BCUT2D eigenvalue weighted by Crippen LogP contribution is 2.20. The Morgan fingerprint density at radius 1 is 1.00 bits per heavy atom. The topological polar surface area (TPSA) is 91.7 Å². The fourth-order valence-electron chi connectivity index (χ4n) is 1.95. The van der Waals surface area contributed by atoms with E-state index in [9.17, 15) is 19.5 Å². The van der Waals surface area contributed by atoms with Crippen molar-refractivity contribution < 1.29 is 24.6 Å². The minimum atomic E-state index is -1.19. The van der Waals surface area contributed by atoms with E-state index in [2.05, 4.69) is 0 Å². The number of ketones is 3. The van der Waals surface area contributed by atoms with Crippen LogP contribution in [0.1, 0.15) is 0 Å². The summed E-state index contributed by atoms with van der Waals surface area (Å²) in [5.41, 5.74) is 1.40. The summed E-state index contributed by atoms with van der Waals surface area (Å²) in [6.45, 7) is -0.521. The molecule has 0 aliphatic heterocycles. The van der Waals surface area contributed by atoms with Crippen LogP contribution in [-0.4, -0.2) is 40.3 Å². The highest BCUT2D eigenvalue weighted by Gasteiger charge is 2.19. The molecule has 0 spiro atoms. The molecule has 0 bridgehead atoms. The molecule has 0 aromatic rings. The van der Waals surface area contributed by atoms with Gasteiger partial charge in [0.15, 0.2) is 5.78 Å². The lowest BCUT2D eigenvalue weighted by molar-refractivity contribution is -0.131. The molecule has 1 unspecified atom stereocenters. The van der Waals surface area contributed by atoms with Crippen LogP contribution in [0.5, 0.6) is 0 Å². The van der Waals surface area contributed by atoms with E-state index in [0.717, 1.165) is 17.7 Å². The van der Waals surface area contributed by atoms with Crippen LogP contribution < -0.4 is 0 Å². The van der Waals surface area contributed by atoms with Gasteiger partial charge in [-0.15, -0.1) is 0 Å². The summed E-state index contributed by atoms with van der Waals surface area (Å²) in [5, 5.41) is 19.0. The maximum Gasteiger partial charge on any atom is 0.226 e. The lowest BCUT2D eigenvalue weighted by atomic mass is 9.94. The Morgan fingerprint density at radius 3 is 2.27 bits per heavy atom. The first-order valence-corrected chi connectivity index (χ1v) is 6.60. The molecule has 0 aromatic carbocycles. The van der Waals surface area contributed by atoms with Crippen LogP contribution in [0.15, 0.2) is 71.4 Å². The molecular formula is C17H14O5. The second-order valence-corrected chi connectivity index (χ2v) is 4.72. The van der Waals surface area contributed by atoms with Gasteiger partial charge >= 0.3 is 0 Å². The first kappa shape index (κ1) is 15.8. The third-order valence-electron chi connectivity index (χ3n) is 3.14. The van der Waals surface area contributed by atoms with Gasteiger partial charge in [-0.25, -0.2) is 0 Å². The van der Waals surface area contributed by atoms with E-state index < -0.39 is 24.3 Å². The molecule has 0 heterocycles. The number of carbonyl (C=O) groups is 3. The quantitative estimate of drug-likeness (QED) is 0.583. The molecule has 2 N–H and O–H groups in total. The smallest absolute Gasteiger partial charge is 0.226 e. The van der Waals surface area contributed by atoms with Crippen molar-refractivity contribution in [2.45, 2.75) is 6.10 Å². The van der Waals surface area contributed by atoms with Crippen LogP contribution in [0, 0.1) is 0 Å². The van der Waals surface area contributed by atoms with E-state index in [-0.39, 0.29) is 5.78 Å². The molecule has 5 nitrogen and oxygen atoms in total. The van der Waals surface area contributed by atoms with Crippen LogP contribution in [0.4, 0.5) is 0 Å². The molecule has 112 valence electrons. The Hall–Kier alpha value is -2.63. The second-order valence-electron chi connectivity index (χ2n) is 4.72. The van der Waals surface area contributed by atoms with E-state index >= 15 is 0 Å². The fraction of sp³-hybridized carbons (Fsp3) is 0.118. The largest absolute Gasteiger partial charge is 0.393 e. The summed E-state index contributed by atoms with van der Waals surface area (Å²) in [4.78, 5) is 33.6. The van der Waals surface area contributed by atoms with Crippen molar-refractivity contribution in [2.75, 3.05) is 6.61 Å². The molecular weight excluding hydrogens is 284 g/mol. The van der Waals surface area contributed by atoms with Crippen molar-refractivity contribution in [1.29, 1.82) is 0 Å². The number of allylic oxidation sites excluding steroid dienone is 10. The molecule has 0 fully saturated rings. The number of hydrogen-bond acceptors (Lipinski definition) is 5. The summed E-state index contributed by atoms with van der Waals surface area (Å²) >= 11 is 0. The Kier molecular flexibility index (Phi) is 4.93. The zero-order valence-electron chi connectivity index (χ0n) is 11.6. The van der Waals surface area contributed by atoms with Gasteiger partial charge in [-0.05, 0) is 41.0 Å². The Morgan fingerprint density at radius 2 is 1.68 bits per heavy atom. The lowest BCUT2D eigenvalue weighted by Gasteiger charge is -2.15. The van der Waals surface area contributed by atoms with Crippen molar-refractivity contribution in [3.63, 3.8) is 0 Å². The fourth-order valence-corrected chi connectivity index (χ4v) is 1.95. The zero-order valence-corrected chi connectivity index (χ0v) is 11.6. The Balaban J connectivity index is 2.34. The molecule has 1 atom stereocenters. The molecule has 2 aliphatic rings. The van der Waals surface area contributed by atoms with Gasteiger partial charge in [-0.3, -0.25) is 14.4 Å². The molecule has 22 heavy (non-hydrogen) atoms. The summed E-state index contributed by atoms with van der Waals surface area (Å²) in [7, 11) is 0. The van der Waals surface area contributed by atoms with Crippen molar-refractivity contribution in [1.82, 2.24) is 0 Å².